The number of carboxylic acid groups (broad SMARTS) is 1. The van der Waals surface area contributed by atoms with E-state index in [0.717, 1.165) is 6.07 Å². The largest absolute Gasteiger partial charge is 0.507 e. The van der Waals surface area contributed by atoms with Crippen LogP contribution in [0.15, 0.2) is 41.2 Å². The maximum Gasteiger partial charge on any atom is 0.345 e. The number of aromatic carboxylic acids is 1. The maximum absolute atomic E-state index is 12.0. The highest BCUT2D eigenvalue weighted by Gasteiger charge is 2.19. The molecule has 0 saturated heterocycles. The van der Waals surface area contributed by atoms with Crippen LogP contribution in [0.5, 0.6) is 5.75 Å². The number of aromatic amines is 1. The lowest BCUT2D eigenvalue weighted by Gasteiger charge is -2.03. The van der Waals surface area contributed by atoms with Gasteiger partial charge in [-0.2, -0.15) is 0 Å². The Labute approximate surface area is 107 Å². The maximum atomic E-state index is 12.0. The number of ketones is 1. The van der Waals surface area contributed by atoms with E-state index in [2.05, 4.69) is 4.98 Å². The molecule has 1 aromatic heterocycles. The molecule has 3 N–H and O–H groups in total. The summed E-state index contributed by atoms with van der Waals surface area (Å²) in [6.07, 6.45) is 0. The van der Waals surface area contributed by atoms with Gasteiger partial charge in [0.05, 0.1) is 5.69 Å². The Hall–Kier alpha value is -2.89. The number of hydrogen-bond acceptors (Lipinski definition) is 4. The molecule has 0 atom stereocenters. The summed E-state index contributed by atoms with van der Waals surface area (Å²) in [4.78, 5) is 36.4. The smallest absolute Gasteiger partial charge is 0.345 e. The SMILES string of the molecule is O=C(c1ccccc1)c1cc(O)c(C(=O)O)c(=O)[nH]1. The standard InChI is InChI=1S/C13H9NO5/c15-9-6-8(14-12(17)10(9)13(18)19)11(16)7-4-2-1-3-5-7/h1-6H,(H,18,19)(H2,14,15,17). The first-order valence-corrected chi connectivity index (χ1v) is 5.30. The molecule has 1 heterocycles. The third kappa shape index (κ3) is 2.37. The third-order valence-corrected chi connectivity index (χ3v) is 2.51. The van der Waals surface area contributed by atoms with Crippen LogP contribution in [0.2, 0.25) is 0 Å². The van der Waals surface area contributed by atoms with E-state index in [-0.39, 0.29) is 5.69 Å². The predicted molar refractivity (Wildman–Crippen MR) is 65.6 cm³/mol. The Morgan fingerprint density at radius 1 is 1.11 bits per heavy atom. The number of hydrogen-bond donors (Lipinski definition) is 3. The van der Waals surface area contributed by atoms with Crippen LogP contribution >= 0.6 is 0 Å². The summed E-state index contributed by atoms with van der Waals surface area (Å²) in [5.74, 6) is -2.81. The molecule has 2 rings (SSSR count). The highest BCUT2D eigenvalue weighted by molar-refractivity contribution is 6.08. The number of aromatic hydroxyl groups is 1. The minimum Gasteiger partial charge on any atom is -0.507 e. The first-order chi connectivity index (χ1) is 9.00. The summed E-state index contributed by atoms with van der Waals surface area (Å²) in [6, 6.07) is 9.05. The van der Waals surface area contributed by atoms with Gasteiger partial charge in [0, 0.05) is 11.6 Å². The molecule has 1 aromatic carbocycles. The molecule has 0 aliphatic rings. The van der Waals surface area contributed by atoms with Crippen molar-refractivity contribution in [1.82, 2.24) is 4.98 Å². The number of carboxylic acids is 1. The lowest BCUT2D eigenvalue weighted by molar-refractivity contribution is 0.0691. The van der Waals surface area contributed by atoms with Crippen molar-refractivity contribution in [2.75, 3.05) is 0 Å². The highest BCUT2D eigenvalue weighted by Crippen LogP contribution is 2.15. The van der Waals surface area contributed by atoms with Gasteiger partial charge in [0.15, 0.2) is 5.56 Å². The van der Waals surface area contributed by atoms with E-state index in [1.54, 1.807) is 30.3 Å². The monoisotopic (exact) mass is 259 g/mol. The molecule has 0 saturated carbocycles. The van der Waals surface area contributed by atoms with E-state index in [0.29, 0.717) is 5.56 Å². The van der Waals surface area contributed by atoms with Gasteiger partial charge in [-0.05, 0) is 0 Å². The number of carbonyl (C=O) groups is 2. The van der Waals surface area contributed by atoms with Crippen LogP contribution in [-0.2, 0) is 0 Å². The molecule has 0 spiro atoms. The van der Waals surface area contributed by atoms with Crippen molar-refractivity contribution >= 4 is 11.8 Å². The van der Waals surface area contributed by atoms with E-state index in [4.69, 9.17) is 5.11 Å². The summed E-state index contributed by atoms with van der Waals surface area (Å²) in [5, 5.41) is 18.2. The third-order valence-electron chi connectivity index (χ3n) is 2.51. The van der Waals surface area contributed by atoms with Crippen molar-refractivity contribution in [3.05, 3.63) is 63.6 Å². The van der Waals surface area contributed by atoms with Crippen molar-refractivity contribution in [2.45, 2.75) is 0 Å². The fourth-order valence-electron chi connectivity index (χ4n) is 1.62. The molecule has 6 nitrogen and oxygen atoms in total. The zero-order chi connectivity index (χ0) is 14.0. The number of pyridine rings is 1. The molecule has 19 heavy (non-hydrogen) atoms. The lowest BCUT2D eigenvalue weighted by Crippen LogP contribution is -2.21. The second-order valence-corrected chi connectivity index (χ2v) is 3.77. The van der Waals surface area contributed by atoms with Crippen LogP contribution in [0.1, 0.15) is 26.4 Å². The van der Waals surface area contributed by atoms with E-state index >= 15 is 0 Å². The summed E-state index contributed by atoms with van der Waals surface area (Å²) in [7, 11) is 0. The van der Waals surface area contributed by atoms with Gasteiger partial charge in [0.2, 0.25) is 5.78 Å². The Morgan fingerprint density at radius 3 is 2.26 bits per heavy atom. The molecular formula is C13H9NO5. The number of H-pyrrole nitrogens is 1. The number of rotatable bonds is 3. The number of carbonyl (C=O) groups excluding carboxylic acids is 1. The highest BCUT2D eigenvalue weighted by atomic mass is 16.4. The molecule has 96 valence electrons. The zero-order valence-corrected chi connectivity index (χ0v) is 9.58. The molecule has 0 radical (unpaired) electrons. The topological polar surface area (TPSA) is 107 Å². The van der Waals surface area contributed by atoms with E-state index < -0.39 is 28.6 Å². The number of benzene rings is 1. The fourth-order valence-corrected chi connectivity index (χ4v) is 1.62. The van der Waals surface area contributed by atoms with Gasteiger partial charge in [-0.25, -0.2) is 4.79 Å². The Kier molecular flexibility index (Phi) is 3.15. The molecule has 0 aliphatic carbocycles. The molecule has 6 heteroatoms. The van der Waals surface area contributed by atoms with Crippen LogP contribution in [-0.4, -0.2) is 26.9 Å². The summed E-state index contributed by atoms with van der Waals surface area (Å²) >= 11 is 0. The lowest BCUT2D eigenvalue weighted by atomic mass is 10.1. The average molecular weight is 259 g/mol. The van der Waals surface area contributed by atoms with Crippen LogP contribution in [0, 0.1) is 0 Å². The summed E-state index contributed by atoms with van der Waals surface area (Å²) in [5.41, 5.74) is -1.66. The van der Waals surface area contributed by atoms with E-state index in [1.807, 2.05) is 0 Å². The quantitative estimate of drug-likeness (QED) is 0.713. The molecule has 2 aromatic rings. The molecular weight excluding hydrogens is 250 g/mol. The Morgan fingerprint density at radius 2 is 1.74 bits per heavy atom. The minimum atomic E-state index is -1.56. The summed E-state index contributed by atoms with van der Waals surface area (Å²) in [6.45, 7) is 0. The van der Waals surface area contributed by atoms with E-state index in [9.17, 15) is 19.5 Å². The van der Waals surface area contributed by atoms with Gasteiger partial charge in [0.25, 0.3) is 5.56 Å². The van der Waals surface area contributed by atoms with Gasteiger partial charge in [-0.15, -0.1) is 0 Å². The molecule has 0 unspecified atom stereocenters. The van der Waals surface area contributed by atoms with Gasteiger partial charge < -0.3 is 15.2 Å². The van der Waals surface area contributed by atoms with Crippen molar-refractivity contribution in [1.29, 1.82) is 0 Å². The number of aromatic nitrogens is 1. The molecule has 0 amide bonds. The van der Waals surface area contributed by atoms with Crippen LogP contribution < -0.4 is 5.56 Å². The molecule has 0 aliphatic heterocycles. The molecule has 0 bridgehead atoms. The summed E-state index contributed by atoms with van der Waals surface area (Å²) < 4.78 is 0. The second kappa shape index (κ2) is 4.77. The van der Waals surface area contributed by atoms with Gasteiger partial charge in [-0.3, -0.25) is 9.59 Å². The molecule has 0 fully saturated rings. The van der Waals surface area contributed by atoms with Gasteiger partial charge >= 0.3 is 5.97 Å². The normalized spacial score (nSPS) is 10.1. The minimum absolute atomic E-state index is 0.168. The van der Waals surface area contributed by atoms with Crippen molar-refractivity contribution < 1.29 is 19.8 Å². The Bertz CT molecular complexity index is 703. The van der Waals surface area contributed by atoms with Crippen LogP contribution in [0.4, 0.5) is 0 Å². The predicted octanol–water partition coefficient (Wildman–Crippen LogP) is 1.01. The van der Waals surface area contributed by atoms with Crippen LogP contribution in [0.3, 0.4) is 0 Å². The van der Waals surface area contributed by atoms with Gasteiger partial charge in [0.1, 0.15) is 5.75 Å². The van der Waals surface area contributed by atoms with Crippen molar-refractivity contribution in [3.63, 3.8) is 0 Å². The average Bonchev–Trinajstić information content (AvgIpc) is 2.37. The number of nitrogens with one attached hydrogen (secondary N) is 1. The zero-order valence-electron chi connectivity index (χ0n) is 9.58. The van der Waals surface area contributed by atoms with Crippen molar-refractivity contribution in [3.8, 4) is 5.75 Å². The van der Waals surface area contributed by atoms with Crippen LogP contribution in [0.25, 0.3) is 0 Å². The first kappa shape index (κ1) is 12.6. The van der Waals surface area contributed by atoms with Crippen molar-refractivity contribution in [2.24, 2.45) is 0 Å². The second-order valence-electron chi connectivity index (χ2n) is 3.77. The Balaban J connectivity index is 2.52. The fraction of sp³-hybridized carbons (Fsp3) is 0. The van der Waals surface area contributed by atoms with E-state index in [1.165, 1.54) is 0 Å². The van der Waals surface area contributed by atoms with Gasteiger partial charge in [-0.1, -0.05) is 30.3 Å². The first-order valence-electron chi connectivity index (χ1n) is 5.30.